The Morgan fingerprint density at radius 3 is 2.45 bits per heavy atom. The lowest BCUT2D eigenvalue weighted by atomic mass is 9.96. The van der Waals surface area contributed by atoms with Crippen molar-refractivity contribution < 1.29 is 27.2 Å². The molecule has 160 valence electrons. The van der Waals surface area contributed by atoms with Gasteiger partial charge in [-0.05, 0) is 61.9 Å². The van der Waals surface area contributed by atoms with Gasteiger partial charge in [0.2, 0.25) is 5.91 Å². The van der Waals surface area contributed by atoms with Crippen LogP contribution in [0.1, 0.15) is 47.2 Å². The van der Waals surface area contributed by atoms with Crippen molar-refractivity contribution in [3.8, 4) is 0 Å². The van der Waals surface area contributed by atoms with Crippen molar-refractivity contribution in [2.45, 2.75) is 44.6 Å². The van der Waals surface area contributed by atoms with Gasteiger partial charge >= 0.3 is 6.18 Å². The molecule has 2 aliphatic rings. The van der Waals surface area contributed by atoms with Crippen molar-refractivity contribution in [1.82, 2.24) is 15.5 Å². The largest absolute Gasteiger partial charge is 0.416 e. The molecule has 1 aromatic carbocycles. The Hall–Kier alpha value is -2.16. The monoisotopic (exact) mass is 415 g/mol. The Balaban J connectivity index is 1.52. The standard InChI is InChI=1S/C20H25F4N3O2/c21-11-14-8-15(10-16(9-14)20(22,23)24)18(28)26-12-13-3-6-27(7-4-13)19(29)17-2-1-5-25-17/h8-10,13,17,25H,1-7,11-12H2,(H,26,28)/t17-/m0/s1. The van der Waals surface area contributed by atoms with E-state index in [0.717, 1.165) is 44.4 Å². The van der Waals surface area contributed by atoms with Crippen molar-refractivity contribution in [1.29, 1.82) is 0 Å². The molecule has 1 aromatic rings. The van der Waals surface area contributed by atoms with Crippen molar-refractivity contribution in [3.05, 3.63) is 34.9 Å². The lowest BCUT2D eigenvalue weighted by Gasteiger charge is -2.33. The van der Waals surface area contributed by atoms with Crippen LogP contribution in [-0.4, -0.2) is 48.9 Å². The van der Waals surface area contributed by atoms with Crippen LogP contribution in [0.2, 0.25) is 0 Å². The van der Waals surface area contributed by atoms with Crippen LogP contribution in [0.5, 0.6) is 0 Å². The fraction of sp³-hybridized carbons (Fsp3) is 0.600. The second-order valence-electron chi connectivity index (χ2n) is 7.68. The molecule has 9 heteroatoms. The van der Waals surface area contributed by atoms with Crippen LogP contribution in [0.3, 0.4) is 0 Å². The second-order valence-corrected chi connectivity index (χ2v) is 7.68. The molecule has 2 aliphatic heterocycles. The van der Waals surface area contributed by atoms with Crippen LogP contribution in [0, 0.1) is 5.92 Å². The fourth-order valence-electron chi connectivity index (χ4n) is 3.88. The Morgan fingerprint density at radius 1 is 1.14 bits per heavy atom. The van der Waals surface area contributed by atoms with Crippen LogP contribution in [0.25, 0.3) is 0 Å². The van der Waals surface area contributed by atoms with E-state index in [0.29, 0.717) is 25.7 Å². The minimum absolute atomic E-state index is 0.100. The number of rotatable bonds is 5. The third-order valence-electron chi connectivity index (χ3n) is 5.57. The number of amides is 2. The quantitative estimate of drug-likeness (QED) is 0.727. The molecule has 0 spiro atoms. The van der Waals surface area contributed by atoms with E-state index in [1.807, 2.05) is 4.90 Å². The molecule has 0 aromatic heterocycles. The molecule has 1 atom stereocenters. The van der Waals surface area contributed by atoms with Gasteiger partial charge < -0.3 is 15.5 Å². The summed E-state index contributed by atoms with van der Waals surface area (Å²) in [6.07, 6.45) is -1.35. The number of nitrogens with one attached hydrogen (secondary N) is 2. The third kappa shape index (κ3) is 5.46. The van der Waals surface area contributed by atoms with Gasteiger partial charge in [-0.1, -0.05) is 0 Å². The first-order valence-electron chi connectivity index (χ1n) is 9.85. The van der Waals surface area contributed by atoms with Crippen molar-refractivity contribution >= 4 is 11.8 Å². The van der Waals surface area contributed by atoms with Crippen LogP contribution in [0.15, 0.2) is 18.2 Å². The van der Waals surface area contributed by atoms with Gasteiger partial charge in [-0.2, -0.15) is 13.2 Å². The van der Waals surface area contributed by atoms with E-state index < -0.39 is 24.3 Å². The Kier molecular flexibility index (Phi) is 6.77. The number of carbonyl (C=O) groups is 2. The predicted octanol–water partition coefficient (Wildman–Crippen LogP) is 2.90. The van der Waals surface area contributed by atoms with Gasteiger partial charge in [0.05, 0.1) is 11.6 Å². The number of halogens is 4. The molecule has 0 aliphatic carbocycles. The minimum Gasteiger partial charge on any atom is -0.352 e. The number of carbonyl (C=O) groups excluding carboxylic acids is 2. The first kappa shape index (κ1) is 21.5. The summed E-state index contributed by atoms with van der Waals surface area (Å²) in [4.78, 5) is 26.5. The zero-order valence-electron chi connectivity index (χ0n) is 16.0. The number of hydrogen-bond acceptors (Lipinski definition) is 3. The maximum absolute atomic E-state index is 12.9. The lowest BCUT2D eigenvalue weighted by Crippen LogP contribution is -2.48. The molecule has 0 radical (unpaired) electrons. The van der Waals surface area contributed by atoms with Gasteiger partial charge in [-0.3, -0.25) is 9.59 Å². The lowest BCUT2D eigenvalue weighted by molar-refractivity contribution is -0.137. The summed E-state index contributed by atoms with van der Waals surface area (Å²) in [5.41, 5.74) is -1.42. The number of benzene rings is 1. The number of hydrogen-bond donors (Lipinski definition) is 2. The molecule has 2 fully saturated rings. The van der Waals surface area contributed by atoms with Crippen LogP contribution >= 0.6 is 0 Å². The summed E-state index contributed by atoms with van der Waals surface area (Å²) in [7, 11) is 0. The summed E-state index contributed by atoms with van der Waals surface area (Å²) >= 11 is 0. The van der Waals surface area contributed by atoms with Crippen LogP contribution in [0.4, 0.5) is 17.6 Å². The SMILES string of the molecule is O=C(NCC1CCN(C(=O)[C@@H]2CCCN2)CC1)c1cc(CF)cc(C(F)(F)F)c1. The molecule has 0 saturated carbocycles. The van der Waals surface area contributed by atoms with E-state index in [9.17, 15) is 27.2 Å². The summed E-state index contributed by atoms with van der Waals surface area (Å²) in [5.74, 6) is -0.391. The highest BCUT2D eigenvalue weighted by Gasteiger charge is 2.32. The molecule has 0 unspecified atom stereocenters. The normalized spacial score (nSPS) is 20.7. The molecule has 3 rings (SSSR count). The first-order chi connectivity index (χ1) is 13.8. The van der Waals surface area contributed by atoms with Gasteiger partial charge in [-0.15, -0.1) is 0 Å². The Labute approximate surface area is 166 Å². The van der Waals surface area contributed by atoms with E-state index in [1.165, 1.54) is 0 Å². The average Bonchev–Trinajstić information content (AvgIpc) is 3.25. The molecule has 29 heavy (non-hydrogen) atoms. The molecule has 2 amide bonds. The van der Waals surface area contributed by atoms with Crippen molar-refractivity contribution in [2.24, 2.45) is 5.92 Å². The van der Waals surface area contributed by atoms with E-state index in [2.05, 4.69) is 10.6 Å². The van der Waals surface area contributed by atoms with Crippen molar-refractivity contribution in [2.75, 3.05) is 26.2 Å². The Morgan fingerprint density at radius 2 is 1.86 bits per heavy atom. The molecule has 2 heterocycles. The van der Waals surface area contributed by atoms with Gasteiger partial charge in [0, 0.05) is 25.2 Å². The fourth-order valence-corrected chi connectivity index (χ4v) is 3.88. The Bertz CT molecular complexity index is 740. The smallest absolute Gasteiger partial charge is 0.352 e. The number of piperidine rings is 1. The van der Waals surface area contributed by atoms with Gasteiger partial charge in [0.1, 0.15) is 6.67 Å². The van der Waals surface area contributed by atoms with Crippen molar-refractivity contribution in [3.63, 3.8) is 0 Å². The summed E-state index contributed by atoms with van der Waals surface area (Å²) in [6.45, 7) is 1.30. The summed E-state index contributed by atoms with van der Waals surface area (Å²) in [5, 5.41) is 5.85. The van der Waals surface area contributed by atoms with E-state index in [-0.39, 0.29) is 29.0 Å². The molecule has 5 nitrogen and oxygen atoms in total. The number of likely N-dealkylation sites (tertiary alicyclic amines) is 1. The minimum atomic E-state index is -4.65. The number of nitrogens with zero attached hydrogens (tertiary/aromatic N) is 1. The molecular formula is C20H25F4N3O2. The second kappa shape index (κ2) is 9.11. The highest BCUT2D eigenvalue weighted by atomic mass is 19.4. The maximum atomic E-state index is 12.9. The summed E-state index contributed by atoms with van der Waals surface area (Å²) in [6, 6.07) is 2.49. The average molecular weight is 415 g/mol. The van der Waals surface area contributed by atoms with Gasteiger partial charge in [-0.25, -0.2) is 4.39 Å². The topological polar surface area (TPSA) is 61.4 Å². The number of alkyl halides is 4. The van der Waals surface area contributed by atoms with E-state index >= 15 is 0 Å². The van der Waals surface area contributed by atoms with E-state index in [4.69, 9.17) is 0 Å². The molecular weight excluding hydrogens is 390 g/mol. The van der Waals surface area contributed by atoms with Gasteiger partial charge in [0.25, 0.3) is 5.91 Å². The first-order valence-corrected chi connectivity index (χ1v) is 9.85. The van der Waals surface area contributed by atoms with Gasteiger partial charge in [0.15, 0.2) is 0 Å². The molecule has 2 saturated heterocycles. The molecule has 0 bridgehead atoms. The maximum Gasteiger partial charge on any atom is 0.416 e. The predicted molar refractivity (Wildman–Crippen MR) is 98.9 cm³/mol. The van der Waals surface area contributed by atoms with Crippen LogP contribution in [-0.2, 0) is 17.6 Å². The highest BCUT2D eigenvalue weighted by Crippen LogP contribution is 2.31. The molecule has 2 N–H and O–H groups in total. The zero-order chi connectivity index (χ0) is 21.0. The van der Waals surface area contributed by atoms with Crippen LogP contribution < -0.4 is 10.6 Å². The van der Waals surface area contributed by atoms with E-state index in [1.54, 1.807) is 0 Å². The third-order valence-corrected chi connectivity index (χ3v) is 5.57. The zero-order valence-corrected chi connectivity index (χ0v) is 16.0. The highest BCUT2D eigenvalue weighted by molar-refractivity contribution is 5.94. The summed E-state index contributed by atoms with van der Waals surface area (Å²) < 4.78 is 51.7.